The van der Waals surface area contributed by atoms with E-state index in [0.717, 1.165) is 22.9 Å². The van der Waals surface area contributed by atoms with Gasteiger partial charge in [0.1, 0.15) is 0 Å². The van der Waals surface area contributed by atoms with Crippen molar-refractivity contribution in [2.45, 2.75) is 19.4 Å². The Hall–Kier alpha value is -4.00. The van der Waals surface area contributed by atoms with Crippen molar-refractivity contribution in [1.82, 2.24) is 20.1 Å². The molecule has 0 atom stereocenters. The van der Waals surface area contributed by atoms with E-state index in [1.807, 2.05) is 60.8 Å². The van der Waals surface area contributed by atoms with Crippen LogP contribution in [0, 0.1) is 0 Å². The fourth-order valence-electron chi connectivity index (χ4n) is 3.26. The fourth-order valence-corrected chi connectivity index (χ4v) is 3.26. The van der Waals surface area contributed by atoms with E-state index >= 15 is 0 Å². The Balaban J connectivity index is 1.22. The van der Waals surface area contributed by atoms with Crippen LogP contribution >= 0.6 is 0 Å². The number of hydrogen-bond acceptors (Lipinski definition) is 4. The molecule has 156 valence electrons. The lowest BCUT2D eigenvalue weighted by molar-refractivity contribution is -0.116. The maximum absolute atomic E-state index is 12.4. The number of aromatic nitrogens is 3. The highest BCUT2D eigenvalue weighted by Crippen LogP contribution is 2.15. The van der Waals surface area contributed by atoms with Gasteiger partial charge in [-0.3, -0.25) is 19.3 Å². The molecule has 0 saturated carbocycles. The first-order valence-corrected chi connectivity index (χ1v) is 10.2. The molecule has 2 amide bonds. The van der Waals surface area contributed by atoms with E-state index in [9.17, 15) is 9.59 Å². The number of nitrogens with one attached hydrogen (secondary N) is 2. The molecule has 2 aromatic heterocycles. The molecule has 0 aliphatic carbocycles. The molecule has 0 aliphatic heterocycles. The monoisotopic (exact) mass is 413 g/mol. The van der Waals surface area contributed by atoms with E-state index in [4.69, 9.17) is 0 Å². The quantitative estimate of drug-likeness (QED) is 0.463. The van der Waals surface area contributed by atoms with Crippen molar-refractivity contribution >= 4 is 28.4 Å². The lowest BCUT2D eigenvalue weighted by atomic mass is 10.1. The Bertz CT molecular complexity index is 1190. The van der Waals surface area contributed by atoms with Gasteiger partial charge in [-0.05, 0) is 35.0 Å². The minimum Gasteiger partial charge on any atom is -0.352 e. The summed E-state index contributed by atoms with van der Waals surface area (Å²) in [4.78, 5) is 28.8. The summed E-state index contributed by atoms with van der Waals surface area (Å²) >= 11 is 0. The Morgan fingerprint density at radius 2 is 1.77 bits per heavy atom. The summed E-state index contributed by atoms with van der Waals surface area (Å²) in [6, 6.07) is 21.0. The molecule has 2 aromatic carbocycles. The van der Waals surface area contributed by atoms with Crippen LogP contribution in [0.5, 0.6) is 0 Å². The van der Waals surface area contributed by atoms with E-state index < -0.39 is 0 Å². The van der Waals surface area contributed by atoms with Gasteiger partial charge in [-0.1, -0.05) is 36.4 Å². The lowest BCUT2D eigenvalue weighted by Crippen LogP contribution is -2.27. The molecule has 2 N–H and O–H groups in total. The standard InChI is InChI=1S/C24H23N5O2/c30-23(27-22-12-16-29(28-22)15-11-21-7-3-4-13-25-21)10-14-26-24(31)20-9-8-18-5-1-2-6-19(18)17-20/h1-9,12-13,16-17H,10-11,14-15H2,(H,26,31)(H,27,28,30). The number of pyridine rings is 1. The van der Waals surface area contributed by atoms with E-state index in [-0.39, 0.29) is 24.8 Å². The minimum atomic E-state index is -0.200. The highest BCUT2D eigenvalue weighted by molar-refractivity contribution is 5.99. The second kappa shape index (κ2) is 9.67. The minimum absolute atomic E-state index is 0.167. The summed E-state index contributed by atoms with van der Waals surface area (Å²) in [6.07, 6.45) is 4.51. The highest BCUT2D eigenvalue weighted by atomic mass is 16.2. The first-order valence-electron chi connectivity index (χ1n) is 10.2. The van der Waals surface area contributed by atoms with Gasteiger partial charge in [0.05, 0.1) is 0 Å². The molecule has 0 unspecified atom stereocenters. The molecule has 4 rings (SSSR count). The predicted molar refractivity (Wildman–Crippen MR) is 120 cm³/mol. The van der Waals surface area contributed by atoms with Crippen LogP contribution in [-0.2, 0) is 17.8 Å². The summed E-state index contributed by atoms with van der Waals surface area (Å²) in [5, 5.41) is 12.0. The van der Waals surface area contributed by atoms with Gasteiger partial charge < -0.3 is 10.6 Å². The van der Waals surface area contributed by atoms with Crippen molar-refractivity contribution in [3.63, 3.8) is 0 Å². The maximum atomic E-state index is 12.4. The zero-order valence-corrected chi connectivity index (χ0v) is 17.0. The van der Waals surface area contributed by atoms with Crippen molar-refractivity contribution in [3.05, 3.63) is 90.4 Å². The van der Waals surface area contributed by atoms with Crippen LogP contribution in [0.15, 0.2) is 79.1 Å². The van der Waals surface area contributed by atoms with Gasteiger partial charge in [-0.25, -0.2) is 0 Å². The molecular formula is C24H23N5O2. The average Bonchev–Trinajstić information content (AvgIpc) is 3.25. The zero-order chi connectivity index (χ0) is 21.5. The van der Waals surface area contributed by atoms with E-state index in [0.29, 0.717) is 17.9 Å². The number of anilines is 1. The van der Waals surface area contributed by atoms with Gasteiger partial charge in [0.2, 0.25) is 5.91 Å². The Morgan fingerprint density at radius 3 is 2.61 bits per heavy atom. The van der Waals surface area contributed by atoms with E-state index in [2.05, 4.69) is 20.7 Å². The number of carbonyl (C=O) groups is 2. The van der Waals surface area contributed by atoms with Crippen LogP contribution in [-0.4, -0.2) is 33.1 Å². The first-order chi connectivity index (χ1) is 15.2. The van der Waals surface area contributed by atoms with Crippen LogP contribution in [0.3, 0.4) is 0 Å². The second-order valence-corrected chi connectivity index (χ2v) is 7.15. The van der Waals surface area contributed by atoms with Crippen LogP contribution < -0.4 is 10.6 Å². The summed E-state index contributed by atoms with van der Waals surface area (Å²) in [5.74, 6) is 0.0954. The van der Waals surface area contributed by atoms with E-state index in [1.165, 1.54) is 0 Å². The van der Waals surface area contributed by atoms with Crippen molar-refractivity contribution in [2.75, 3.05) is 11.9 Å². The van der Waals surface area contributed by atoms with E-state index in [1.54, 1.807) is 23.0 Å². The predicted octanol–water partition coefficient (Wildman–Crippen LogP) is 3.43. The number of benzene rings is 2. The SMILES string of the molecule is O=C(CCNC(=O)c1ccc2ccccc2c1)Nc1ccn(CCc2ccccn2)n1. The summed E-state index contributed by atoms with van der Waals surface area (Å²) < 4.78 is 1.77. The van der Waals surface area contributed by atoms with Gasteiger partial charge in [0.25, 0.3) is 5.91 Å². The molecule has 0 saturated heterocycles. The van der Waals surface area contributed by atoms with Gasteiger partial charge in [-0.15, -0.1) is 0 Å². The number of fused-ring (bicyclic) bond motifs is 1. The summed E-state index contributed by atoms with van der Waals surface area (Å²) in [5.41, 5.74) is 1.57. The van der Waals surface area contributed by atoms with Crippen LogP contribution in [0.4, 0.5) is 5.82 Å². The van der Waals surface area contributed by atoms with Crippen molar-refractivity contribution in [1.29, 1.82) is 0 Å². The smallest absolute Gasteiger partial charge is 0.251 e. The molecule has 0 bridgehead atoms. The molecule has 4 aromatic rings. The third-order valence-corrected chi connectivity index (χ3v) is 4.88. The molecule has 0 radical (unpaired) electrons. The fraction of sp³-hybridized carbons (Fsp3) is 0.167. The van der Waals surface area contributed by atoms with Gasteiger partial charge in [0.15, 0.2) is 5.82 Å². The Labute approximate surface area is 180 Å². The average molecular weight is 413 g/mol. The molecule has 0 aliphatic rings. The van der Waals surface area contributed by atoms with Gasteiger partial charge >= 0.3 is 0 Å². The number of rotatable bonds is 8. The Morgan fingerprint density at radius 1 is 0.935 bits per heavy atom. The van der Waals surface area contributed by atoms with Crippen molar-refractivity contribution in [2.24, 2.45) is 0 Å². The Kier molecular flexibility index (Phi) is 6.32. The van der Waals surface area contributed by atoms with Gasteiger partial charge in [-0.2, -0.15) is 5.10 Å². The highest BCUT2D eigenvalue weighted by Gasteiger charge is 2.09. The molecule has 0 fully saturated rings. The molecule has 7 heteroatoms. The lowest BCUT2D eigenvalue weighted by Gasteiger charge is -2.07. The van der Waals surface area contributed by atoms with Gasteiger partial charge in [0, 0.05) is 55.6 Å². The molecule has 2 heterocycles. The summed E-state index contributed by atoms with van der Waals surface area (Å²) in [7, 11) is 0. The van der Waals surface area contributed by atoms with Crippen LogP contribution in [0.1, 0.15) is 22.5 Å². The third-order valence-electron chi connectivity index (χ3n) is 4.88. The molecule has 31 heavy (non-hydrogen) atoms. The number of carbonyl (C=O) groups excluding carboxylic acids is 2. The third kappa shape index (κ3) is 5.54. The number of nitrogens with zero attached hydrogens (tertiary/aromatic N) is 3. The number of amides is 2. The molecule has 7 nitrogen and oxygen atoms in total. The molecular weight excluding hydrogens is 390 g/mol. The summed E-state index contributed by atoms with van der Waals surface area (Å²) in [6.45, 7) is 0.923. The zero-order valence-electron chi connectivity index (χ0n) is 17.0. The van der Waals surface area contributed by atoms with Crippen molar-refractivity contribution in [3.8, 4) is 0 Å². The normalized spacial score (nSPS) is 10.7. The second-order valence-electron chi connectivity index (χ2n) is 7.15. The maximum Gasteiger partial charge on any atom is 0.251 e. The topological polar surface area (TPSA) is 88.9 Å². The van der Waals surface area contributed by atoms with Crippen LogP contribution in [0.2, 0.25) is 0 Å². The first kappa shape index (κ1) is 20.3. The number of aryl methyl sites for hydroxylation is 2. The number of hydrogen-bond donors (Lipinski definition) is 2. The van der Waals surface area contributed by atoms with Crippen molar-refractivity contribution < 1.29 is 9.59 Å². The van der Waals surface area contributed by atoms with Crippen LogP contribution in [0.25, 0.3) is 10.8 Å². The molecule has 0 spiro atoms. The largest absolute Gasteiger partial charge is 0.352 e.